The minimum Gasteiger partial charge on any atom is -0.464 e. The molecule has 3 aromatic heterocycles. The van der Waals surface area contributed by atoms with Crippen LogP contribution in [0.2, 0.25) is 0 Å². The Bertz CT molecular complexity index is 1320. The van der Waals surface area contributed by atoms with E-state index in [1.54, 1.807) is 12.3 Å². The number of fused-ring (bicyclic) bond motifs is 1. The molecule has 1 aromatic carbocycles. The summed E-state index contributed by atoms with van der Waals surface area (Å²) in [7, 11) is 0. The molecule has 5 rings (SSSR count). The fourth-order valence-electron chi connectivity index (χ4n) is 4.27. The zero-order chi connectivity index (χ0) is 23.7. The van der Waals surface area contributed by atoms with E-state index in [1.807, 2.05) is 44.2 Å². The van der Waals surface area contributed by atoms with Gasteiger partial charge < -0.3 is 19.8 Å². The van der Waals surface area contributed by atoms with E-state index in [9.17, 15) is 9.59 Å². The monoisotopic (exact) mass is 479 g/mol. The minimum absolute atomic E-state index is 0.0393. The van der Waals surface area contributed by atoms with Crippen LogP contribution in [-0.4, -0.2) is 38.7 Å². The molecule has 0 bridgehead atoms. The van der Waals surface area contributed by atoms with Gasteiger partial charge in [0.25, 0.3) is 5.91 Å². The molecule has 2 amide bonds. The highest BCUT2D eigenvalue weighted by molar-refractivity contribution is 7.08. The molecule has 3 heterocycles. The lowest BCUT2D eigenvalue weighted by Gasteiger charge is -2.14. The maximum absolute atomic E-state index is 12.8. The topological polar surface area (TPSA) is 122 Å². The molecule has 176 valence electrons. The lowest BCUT2D eigenvalue weighted by atomic mass is 10.0. The predicted molar refractivity (Wildman–Crippen MR) is 129 cm³/mol. The zero-order valence-electron chi connectivity index (χ0n) is 18.8. The Morgan fingerprint density at radius 3 is 2.97 bits per heavy atom. The van der Waals surface area contributed by atoms with Crippen molar-refractivity contribution in [2.75, 3.05) is 5.32 Å². The van der Waals surface area contributed by atoms with Crippen LogP contribution < -0.4 is 10.6 Å². The second kappa shape index (κ2) is 9.30. The van der Waals surface area contributed by atoms with Gasteiger partial charge >= 0.3 is 6.09 Å². The van der Waals surface area contributed by atoms with Gasteiger partial charge in [-0.25, -0.2) is 4.79 Å². The van der Waals surface area contributed by atoms with E-state index < -0.39 is 0 Å². The standard InChI is InChI=1S/C24H25N5O4S/c1-13(2)25-24(31)33-15-7-6-14(10-15)18-12-22(28-27-18)26-23(30)21-11-19(29-34-21)16-4-3-5-20-17(16)8-9-32-20/h3-5,8-9,11-15H,6-7,10H2,1-2H3,(H,25,31)(H2,26,27,28,30)/t14-,15+/m0/s1. The van der Waals surface area contributed by atoms with Crippen molar-refractivity contribution in [1.82, 2.24) is 19.9 Å². The fourth-order valence-corrected chi connectivity index (χ4v) is 4.91. The van der Waals surface area contributed by atoms with Crippen LogP contribution in [0.1, 0.15) is 54.4 Å². The number of rotatable bonds is 6. The van der Waals surface area contributed by atoms with Crippen molar-refractivity contribution in [1.29, 1.82) is 0 Å². The summed E-state index contributed by atoms with van der Waals surface area (Å²) in [5.41, 5.74) is 3.34. The van der Waals surface area contributed by atoms with Crippen LogP contribution in [-0.2, 0) is 4.74 Å². The molecule has 1 aliphatic carbocycles. The van der Waals surface area contributed by atoms with Gasteiger partial charge in [0, 0.05) is 34.7 Å². The first kappa shape index (κ1) is 22.1. The first-order valence-electron chi connectivity index (χ1n) is 11.2. The molecule has 34 heavy (non-hydrogen) atoms. The number of amides is 2. The van der Waals surface area contributed by atoms with E-state index in [2.05, 4.69) is 25.2 Å². The molecule has 1 aliphatic rings. The number of hydrogen-bond acceptors (Lipinski definition) is 7. The molecule has 0 aliphatic heterocycles. The third kappa shape index (κ3) is 4.67. The first-order chi connectivity index (χ1) is 16.5. The summed E-state index contributed by atoms with van der Waals surface area (Å²) in [5, 5.41) is 13.8. The molecular formula is C24H25N5O4S. The summed E-state index contributed by atoms with van der Waals surface area (Å²) in [4.78, 5) is 25.1. The van der Waals surface area contributed by atoms with E-state index in [-0.39, 0.29) is 30.1 Å². The van der Waals surface area contributed by atoms with Gasteiger partial charge in [-0.15, -0.1) is 0 Å². The van der Waals surface area contributed by atoms with Crippen molar-refractivity contribution in [3.05, 3.63) is 53.2 Å². The molecule has 0 unspecified atom stereocenters. The highest BCUT2D eigenvalue weighted by atomic mass is 32.1. The normalized spacial score (nSPS) is 17.9. The quantitative estimate of drug-likeness (QED) is 0.345. The van der Waals surface area contributed by atoms with Crippen LogP contribution in [0.5, 0.6) is 0 Å². The summed E-state index contributed by atoms with van der Waals surface area (Å²) < 4.78 is 15.4. The summed E-state index contributed by atoms with van der Waals surface area (Å²) in [5.74, 6) is 0.383. The molecule has 0 radical (unpaired) electrons. The average molecular weight is 480 g/mol. The second-order valence-corrected chi connectivity index (χ2v) is 9.52. The Morgan fingerprint density at radius 2 is 2.12 bits per heavy atom. The van der Waals surface area contributed by atoms with Crippen LogP contribution >= 0.6 is 11.5 Å². The predicted octanol–water partition coefficient (Wildman–Crippen LogP) is 5.30. The minimum atomic E-state index is -0.383. The van der Waals surface area contributed by atoms with Gasteiger partial charge in [-0.05, 0) is 62.8 Å². The van der Waals surface area contributed by atoms with E-state index in [1.165, 1.54) is 0 Å². The smallest absolute Gasteiger partial charge is 0.407 e. The third-order valence-electron chi connectivity index (χ3n) is 5.85. The lowest BCUT2D eigenvalue weighted by Crippen LogP contribution is -2.33. The van der Waals surface area contributed by atoms with Gasteiger partial charge in [0.1, 0.15) is 16.6 Å². The maximum atomic E-state index is 12.8. The molecule has 0 saturated heterocycles. The summed E-state index contributed by atoms with van der Waals surface area (Å²) >= 11 is 1.14. The number of anilines is 1. The number of H-pyrrole nitrogens is 1. The maximum Gasteiger partial charge on any atom is 0.407 e. The second-order valence-electron chi connectivity index (χ2n) is 8.71. The molecule has 10 heteroatoms. The number of furan rings is 1. The van der Waals surface area contributed by atoms with Gasteiger partial charge in [-0.2, -0.15) is 9.47 Å². The fraction of sp³-hybridized carbons (Fsp3) is 0.333. The van der Waals surface area contributed by atoms with Crippen LogP contribution in [0.3, 0.4) is 0 Å². The third-order valence-corrected chi connectivity index (χ3v) is 6.64. The van der Waals surface area contributed by atoms with Gasteiger partial charge in [0.15, 0.2) is 5.82 Å². The number of aromatic amines is 1. The number of nitrogens with zero attached hydrogens (tertiary/aromatic N) is 2. The highest BCUT2D eigenvalue weighted by Gasteiger charge is 2.30. The van der Waals surface area contributed by atoms with E-state index in [0.717, 1.165) is 58.7 Å². The van der Waals surface area contributed by atoms with E-state index in [0.29, 0.717) is 10.7 Å². The molecule has 9 nitrogen and oxygen atoms in total. The zero-order valence-corrected chi connectivity index (χ0v) is 19.6. The van der Waals surface area contributed by atoms with E-state index in [4.69, 9.17) is 9.15 Å². The molecule has 1 saturated carbocycles. The summed E-state index contributed by atoms with van der Waals surface area (Å²) in [6.07, 6.45) is 3.53. The van der Waals surface area contributed by atoms with Gasteiger partial charge in [-0.1, -0.05) is 12.1 Å². The van der Waals surface area contributed by atoms with Gasteiger partial charge in [0.2, 0.25) is 0 Å². The van der Waals surface area contributed by atoms with Crippen LogP contribution in [0, 0.1) is 0 Å². The number of benzene rings is 1. The Hall–Kier alpha value is -3.66. The van der Waals surface area contributed by atoms with Crippen molar-refractivity contribution in [3.63, 3.8) is 0 Å². The van der Waals surface area contributed by atoms with Crippen molar-refractivity contribution < 1.29 is 18.7 Å². The number of alkyl carbamates (subject to hydrolysis) is 1. The average Bonchev–Trinajstić information content (AvgIpc) is 3.58. The van der Waals surface area contributed by atoms with Crippen molar-refractivity contribution in [3.8, 4) is 11.3 Å². The van der Waals surface area contributed by atoms with Gasteiger partial charge in [0.05, 0.1) is 12.0 Å². The van der Waals surface area contributed by atoms with Crippen LogP contribution in [0.4, 0.5) is 10.6 Å². The molecule has 4 aromatic rings. The van der Waals surface area contributed by atoms with Crippen molar-refractivity contribution in [2.45, 2.75) is 51.2 Å². The first-order valence-corrected chi connectivity index (χ1v) is 12.0. The molecular weight excluding hydrogens is 454 g/mol. The number of ether oxygens (including phenoxy) is 1. The Morgan fingerprint density at radius 1 is 1.24 bits per heavy atom. The number of carbonyl (C=O) groups is 2. The molecule has 2 atom stereocenters. The van der Waals surface area contributed by atoms with E-state index >= 15 is 0 Å². The Labute approximate surface area is 200 Å². The molecule has 3 N–H and O–H groups in total. The number of carbonyl (C=O) groups excluding carboxylic acids is 2. The largest absolute Gasteiger partial charge is 0.464 e. The van der Waals surface area contributed by atoms with Crippen LogP contribution in [0.15, 0.2) is 47.1 Å². The molecule has 1 fully saturated rings. The van der Waals surface area contributed by atoms with Gasteiger partial charge in [-0.3, -0.25) is 9.89 Å². The lowest BCUT2D eigenvalue weighted by molar-refractivity contribution is 0.0980. The Kier molecular flexibility index (Phi) is 6.06. The van der Waals surface area contributed by atoms with Crippen molar-refractivity contribution >= 4 is 40.3 Å². The SMILES string of the molecule is CC(C)NC(=O)O[C@@H]1CC[C@H](c2cc(NC(=O)c3cc(-c4cccc5occc45)ns3)n[nH]2)C1. The van der Waals surface area contributed by atoms with Crippen molar-refractivity contribution in [2.24, 2.45) is 0 Å². The summed E-state index contributed by atoms with van der Waals surface area (Å²) in [6.45, 7) is 3.79. The molecule has 0 spiro atoms. The summed E-state index contributed by atoms with van der Waals surface area (Å²) in [6, 6.07) is 11.3. The Balaban J connectivity index is 1.21. The number of hydrogen-bond donors (Lipinski definition) is 3. The van der Waals surface area contributed by atoms with Crippen LogP contribution in [0.25, 0.3) is 22.2 Å². The number of aromatic nitrogens is 3. The number of nitrogens with one attached hydrogen (secondary N) is 3. The highest BCUT2D eigenvalue weighted by Crippen LogP contribution is 2.36.